The van der Waals surface area contributed by atoms with Gasteiger partial charge in [0.2, 0.25) is 5.91 Å². The van der Waals surface area contributed by atoms with Crippen molar-refractivity contribution < 1.29 is 23.4 Å². The molecule has 1 atom stereocenters. The van der Waals surface area contributed by atoms with E-state index in [0.29, 0.717) is 42.2 Å². The van der Waals surface area contributed by atoms with Gasteiger partial charge in [-0.3, -0.25) is 9.89 Å². The second-order valence-electron chi connectivity index (χ2n) is 8.14. The predicted molar refractivity (Wildman–Crippen MR) is 122 cm³/mol. The SMILES string of the molecule is COc1ccc2c(c1)C[C@H](C(=O)Nc1cc(F)c(-c3cn[nH]c3)cc1OCCN(C)C)CO2. The van der Waals surface area contributed by atoms with Crippen LogP contribution in [0.4, 0.5) is 10.1 Å². The Balaban J connectivity index is 1.55. The predicted octanol–water partition coefficient (Wildman–Crippen LogP) is 3.35. The van der Waals surface area contributed by atoms with Crippen LogP contribution in [0.3, 0.4) is 0 Å². The summed E-state index contributed by atoms with van der Waals surface area (Å²) in [6, 6.07) is 8.39. The molecule has 2 aromatic carbocycles. The summed E-state index contributed by atoms with van der Waals surface area (Å²) in [5.74, 6) is 0.644. The van der Waals surface area contributed by atoms with Crippen LogP contribution in [0.1, 0.15) is 5.56 Å². The molecule has 1 aliphatic rings. The van der Waals surface area contributed by atoms with Gasteiger partial charge in [-0.15, -0.1) is 0 Å². The third-order valence-electron chi connectivity index (χ3n) is 5.48. The summed E-state index contributed by atoms with van der Waals surface area (Å²) in [5.41, 5.74) is 2.10. The Morgan fingerprint density at radius 3 is 2.91 bits per heavy atom. The lowest BCUT2D eigenvalue weighted by Crippen LogP contribution is -2.32. The molecule has 8 nitrogen and oxygen atoms in total. The first-order chi connectivity index (χ1) is 15.9. The summed E-state index contributed by atoms with van der Waals surface area (Å²) in [5, 5.41) is 9.41. The van der Waals surface area contributed by atoms with Crippen LogP contribution < -0.4 is 19.5 Å². The number of halogens is 1. The van der Waals surface area contributed by atoms with Gasteiger partial charge in [0, 0.05) is 29.9 Å². The maximum absolute atomic E-state index is 14.9. The number of anilines is 1. The van der Waals surface area contributed by atoms with Crippen molar-refractivity contribution in [3.8, 4) is 28.4 Å². The van der Waals surface area contributed by atoms with Crippen molar-refractivity contribution in [1.29, 1.82) is 0 Å². The molecule has 0 fully saturated rings. The molecule has 0 unspecified atom stereocenters. The molecule has 1 aromatic heterocycles. The minimum atomic E-state index is -0.485. The molecule has 33 heavy (non-hydrogen) atoms. The summed E-state index contributed by atoms with van der Waals surface area (Å²) in [4.78, 5) is 15.0. The summed E-state index contributed by atoms with van der Waals surface area (Å²) in [7, 11) is 5.46. The van der Waals surface area contributed by atoms with Crippen molar-refractivity contribution in [2.45, 2.75) is 6.42 Å². The fraction of sp³-hybridized carbons (Fsp3) is 0.333. The van der Waals surface area contributed by atoms with Crippen LogP contribution in [0.25, 0.3) is 11.1 Å². The van der Waals surface area contributed by atoms with Crippen LogP contribution >= 0.6 is 0 Å². The highest BCUT2D eigenvalue weighted by Gasteiger charge is 2.27. The molecule has 0 bridgehead atoms. The fourth-order valence-electron chi connectivity index (χ4n) is 3.63. The standard InChI is InChI=1S/C24H27FN4O4/c1-29(2)6-7-32-23-10-19(17-12-26-27-13-17)20(25)11-21(23)28-24(30)16-8-15-9-18(31-3)4-5-22(15)33-14-16/h4-5,9-13,16H,6-8,14H2,1-3H3,(H,26,27)(H,28,30)/t16-/m0/s1. The monoisotopic (exact) mass is 454 g/mol. The Hall–Kier alpha value is -3.59. The first-order valence-electron chi connectivity index (χ1n) is 10.7. The second-order valence-corrected chi connectivity index (χ2v) is 8.14. The average molecular weight is 455 g/mol. The zero-order valence-corrected chi connectivity index (χ0v) is 18.9. The van der Waals surface area contributed by atoms with Gasteiger partial charge in [-0.05, 0) is 50.3 Å². The molecule has 2 heterocycles. The summed E-state index contributed by atoms with van der Waals surface area (Å²) in [6.45, 7) is 1.28. The van der Waals surface area contributed by atoms with Gasteiger partial charge in [-0.1, -0.05) is 0 Å². The highest BCUT2D eigenvalue weighted by Crippen LogP contribution is 2.35. The number of aromatic nitrogens is 2. The number of carbonyl (C=O) groups excluding carboxylic acids is 1. The number of H-pyrrole nitrogens is 1. The number of ether oxygens (including phenoxy) is 3. The van der Waals surface area contributed by atoms with Crippen LogP contribution in [0, 0.1) is 11.7 Å². The lowest BCUT2D eigenvalue weighted by molar-refractivity contribution is -0.121. The third kappa shape index (κ3) is 5.25. The normalized spacial score (nSPS) is 15.0. The van der Waals surface area contributed by atoms with Gasteiger partial charge in [-0.25, -0.2) is 4.39 Å². The minimum Gasteiger partial charge on any atom is -0.497 e. The van der Waals surface area contributed by atoms with Crippen molar-refractivity contribution in [3.63, 3.8) is 0 Å². The number of rotatable bonds is 8. The van der Waals surface area contributed by atoms with Crippen molar-refractivity contribution in [2.24, 2.45) is 5.92 Å². The molecule has 0 radical (unpaired) electrons. The maximum Gasteiger partial charge on any atom is 0.231 e. The van der Waals surface area contributed by atoms with Gasteiger partial charge < -0.3 is 24.4 Å². The molecular weight excluding hydrogens is 427 g/mol. The Bertz CT molecular complexity index is 1120. The fourth-order valence-corrected chi connectivity index (χ4v) is 3.63. The van der Waals surface area contributed by atoms with Crippen LogP contribution in [0.5, 0.6) is 17.2 Å². The van der Waals surface area contributed by atoms with E-state index in [2.05, 4.69) is 15.5 Å². The van der Waals surface area contributed by atoms with Crippen LogP contribution in [0.15, 0.2) is 42.7 Å². The van der Waals surface area contributed by atoms with Crippen molar-refractivity contribution >= 4 is 11.6 Å². The number of carbonyl (C=O) groups is 1. The number of nitrogens with zero attached hydrogens (tertiary/aromatic N) is 2. The third-order valence-corrected chi connectivity index (χ3v) is 5.48. The quantitative estimate of drug-likeness (QED) is 0.543. The van der Waals surface area contributed by atoms with Crippen LogP contribution in [0.2, 0.25) is 0 Å². The molecule has 4 rings (SSSR count). The average Bonchev–Trinajstić information content (AvgIpc) is 3.34. The molecule has 3 aromatic rings. The van der Waals surface area contributed by atoms with Crippen molar-refractivity contribution in [1.82, 2.24) is 15.1 Å². The van der Waals surface area contributed by atoms with Crippen molar-refractivity contribution in [2.75, 3.05) is 46.3 Å². The zero-order valence-electron chi connectivity index (χ0n) is 18.9. The van der Waals surface area contributed by atoms with Gasteiger partial charge in [0.05, 0.1) is 24.9 Å². The zero-order chi connectivity index (χ0) is 23.4. The highest BCUT2D eigenvalue weighted by atomic mass is 19.1. The number of aromatic amines is 1. The Morgan fingerprint density at radius 2 is 2.18 bits per heavy atom. The first-order valence-corrected chi connectivity index (χ1v) is 10.7. The van der Waals surface area contributed by atoms with E-state index in [4.69, 9.17) is 14.2 Å². The van der Waals surface area contributed by atoms with E-state index >= 15 is 0 Å². The number of hydrogen-bond donors (Lipinski definition) is 2. The molecule has 174 valence electrons. The molecular formula is C24H27FN4O4. The number of amides is 1. The van der Waals surface area contributed by atoms with Crippen LogP contribution in [-0.2, 0) is 11.2 Å². The maximum atomic E-state index is 14.9. The molecule has 1 amide bonds. The Kier molecular flexibility index (Phi) is 6.79. The molecule has 0 saturated carbocycles. The van der Waals surface area contributed by atoms with E-state index in [-0.39, 0.29) is 18.2 Å². The van der Waals surface area contributed by atoms with Gasteiger partial charge >= 0.3 is 0 Å². The molecule has 0 spiro atoms. The Labute approximate surface area is 191 Å². The van der Waals surface area contributed by atoms with Crippen molar-refractivity contribution in [3.05, 3.63) is 54.1 Å². The number of benzene rings is 2. The van der Waals surface area contributed by atoms with E-state index in [9.17, 15) is 9.18 Å². The first kappa shape index (κ1) is 22.6. The molecule has 0 aliphatic carbocycles. The van der Waals surface area contributed by atoms with Crippen LogP contribution in [-0.4, -0.2) is 62.0 Å². The second kappa shape index (κ2) is 9.91. The van der Waals surface area contributed by atoms with Gasteiger partial charge in [0.15, 0.2) is 0 Å². The number of methoxy groups -OCH3 is 1. The van der Waals surface area contributed by atoms with E-state index in [1.165, 1.54) is 12.3 Å². The number of likely N-dealkylation sites (N-methyl/N-ethyl adjacent to an activating group) is 1. The summed E-state index contributed by atoms with van der Waals surface area (Å²) in [6.07, 6.45) is 3.63. The van der Waals surface area contributed by atoms with Gasteiger partial charge in [0.1, 0.15) is 36.3 Å². The largest absolute Gasteiger partial charge is 0.497 e. The van der Waals surface area contributed by atoms with Gasteiger partial charge in [0.25, 0.3) is 0 Å². The summed E-state index contributed by atoms with van der Waals surface area (Å²) >= 11 is 0. The summed E-state index contributed by atoms with van der Waals surface area (Å²) < 4.78 is 31.9. The van der Waals surface area contributed by atoms with E-state index < -0.39 is 11.7 Å². The molecule has 0 saturated heterocycles. The number of nitrogens with one attached hydrogen (secondary N) is 2. The van der Waals surface area contributed by atoms with E-state index in [1.807, 2.05) is 37.2 Å². The minimum absolute atomic E-state index is 0.234. The van der Waals surface area contributed by atoms with E-state index in [0.717, 1.165) is 11.3 Å². The lowest BCUT2D eigenvalue weighted by atomic mass is 9.95. The number of fused-ring (bicyclic) bond motifs is 1. The molecule has 2 N–H and O–H groups in total. The lowest BCUT2D eigenvalue weighted by Gasteiger charge is -2.25. The van der Waals surface area contributed by atoms with E-state index in [1.54, 1.807) is 19.4 Å². The topological polar surface area (TPSA) is 88.7 Å². The highest BCUT2D eigenvalue weighted by molar-refractivity contribution is 5.95. The Morgan fingerprint density at radius 1 is 1.33 bits per heavy atom. The van der Waals surface area contributed by atoms with Gasteiger partial charge in [-0.2, -0.15) is 5.10 Å². The molecule has 1 aliphatic heterocycles. The smallest absolute Gasteiger partial charge is 0.231 e. The number of hydrogen-bond acceptors (Lipinski definition) is 6. The molecule has 9 heteroatoms.